The van der Waals surface area contributed by atoms with E-state index in [1.807, 2.05) is 19.1 Å². The number of fused-ring (bicyclic) bond motifs is 1. The summed E-state index contributed by atoms with van der Waals surface area (Å²) in [6, 6.07) is 9.92. The van der Waals surface area contributed by atoms with E-state index in [0.29, 0.717) is 23.7 Å². The Labute approximate surface area is 169 Å². The Kier molecular flexibility index (Phi) is 6.00. The third-order valence-corrected chi connectivity index (χ3v) is 4.43. The zero-order chi connectivity index (χ0) is 21.0. The van der Waals surface area contributed by atoms with E-state index in [0.717, 1.165) is 5.56 Å². The van der Waals surface area contributed by atoms with Crippen LogP contribution in [0.1, 0.15) is 38.8 Å². The van der Waals surface area contributed by atoms with Gasteiger partial charge in [0.15, 0.2) is 5.82 Å². The van der Waals surface area contributed by atoms with Gasteiger partial charge in [-0.1, -0.05) is 19.1 Å². The number of benzene rings is 1. The van der Waals surface area contributed by atoms with Crippen LogP contribution in [0.25, 0.3) is 0 Å². The predicted molar refractivity (Wildman–Crippen MR) is 109 cm³/mol. The molecule has 0 spiro atoms. The van der Waals surface area contributed by atoms with Gasteiger partial charge in [0.25, 0.3) is 0 Å². The highest BCUT2D eigenvalue weighted by atomic mass is 19.1. The van der Waals surface area contributed by atoms with Crippen molar-refractivity contribution in [3.05, 3.63) is 48.2 Å². The second-order valence-corrected chi connectivity index (χ2v) is 7.50. The van der Waals surface area contributed by atoms with Crippen LogP contribution in [0.15, 0.2) is 42.6 Å². The number of pyridine rings is 1. The highest BCUT2D eigenvalue weighted by molar-refractivity contribution is 6.08. The van der Waals surface area contributed by atoms with Gasteiger partial charge in [0, 0.05) is 6.20 Å². The van der Waals surface area contributed by atoms with Crippen LogP contribution in [0.5, 0.6) is 5.75 Å². The van der Waals surface area contributed by atoms with E-state index in [1.54, 1.807) is 30.5 Å². The van der Waals surface area contributed by atoms with Gasteiger partial charge in [-0.05, 0) is 50.1 Å². The number of hydrogen-bond acceptors (Lipinski definition) is 4. The average Bonchev–Trinajstić information content (AvgIpc) is 2.69. The Morgan fingerprint density at radius 1 is 1.34 bits per heavy atom. The first kappa shape index (κ1) is 20.6. The third kappa shape index (κ3) is 5.22. The number of nitrogens with one attached hydrogen (secondary N) is 2. The lowest BCUT2D eigenvalue weighted by Crippen LogP contribution is -2.48. The van der Waals surface area contributed by atoms with Crippen LogP contribution in [-0.4, -0.2) is 35.7 Å². The summed E-state index contributed by atoms with van der Waals surface area (Å²) < 4.78 is 19.0. The molecule has 1 aliphatic rings. The minimum absolute atomic E-state index is 0.0380. The summed E-state index contributed by atoms with van der Waals surface area (Å²) in [7, 11) is 0. The van der Waals surface area contributed by atoms with Crippen LogP contribution in [0.4, 0.5) is 20.7 Å². The van der Waals surface area contributed by atoms with E-state index in [2.05, 4.69) is 15.6 Å². The van der Waals surface area contributed by atoms with Crippen molar-refractivity contribution in [3.8, 4) is 5.75 Å². The monoisotopic (exact) mass is 400 g/mol. The van der Waals surface area contributed by atoms with E-state index in [4.69, 9.17) is 4.74 Å². The lowest BCUT2D eigenvalue weighted by Gasteiger charge is -2.29. The first-order valence-corrected chi connectivity index (χ1v) is 9.51. The Morgan fingerprint density at radius 2 is 2.07 bits per heavy atom. The van der Waals surface area contributed by atoms with Gasteiger partial charge >= 0.3 is 6.03 Å². The van der Waals surface area contributed by atoms with Gasteiger partial charge in [-0.25, -0.2) is 14.2 Å². The first-order valence-electron chi connectivity index (χ1n) is 9.51. The molecule has 0 saturated heterocycles. The maximum absolute atomic E-state index is 13.6. The molecule has 1 atom stereocenters. The van der Waals surface area contributed by atoms with Crippen molar-refractivity contribution in [1.82, 2.24) is 10.3 Å². The Morgan fingerprint density at radius 3 is 2.72 bits per heavy atom. The lowest BCUT2D eigenvalue weighted by atomic mass is 10.0. The molecule has 0 radical (unpaired) electrons. The molecule has 2 aromatic rings. The molecule has 0 saturated carbocycles. The normalized spacial score (nSPS) is 14.6. The summed E-state index contributed by atoms with van der Waals surface area (Å²) >= 11 is 0. The van der Waals surface area contributed by atoms with E-state index in [1.165, 1.54) is 18.7 Å². The number of alkyl halides is 1. The van der Waals surface area contributed by atoms with E-state index >= 15 is 0 Å². The number of rotatable bonds is 6. The van der Waals surface area contributed by atoms with Gasteiger partial charge in [-0.2, -0.15) is 0 Å². The number of carbonyl (C=O) groups excluding carboxylic acids is 2. The van der Waals surface area contributed by atoms with Crippen molar-refractivity contribution < 1.29 is 18.7 Å². The van der Waals surface area contributed by atoms with Crippen LogP contribution in [0, 0.1) is 0 Å². The number of carbonyl (C=O) groups is 2. The number of ether oxygens (including phenoxy) is 1. The Balaban J connectivity index is 1.70. The molecule has 2 heterocycles. The number of hydrogen-bond donors (Lipinski definition) is 2. The molecule has 3 amide bonds. The summed E-state index contributed by atoms with van der Waals surface area (Å²) in [6.07, 6.45) is 2.23. The molecule has 3 rings (SSSR count). The quantitative estimate of drug-likeness (QED) is 0.772. The number of halogens is 1. The zero-order valence-corrected chi connectivity index (χ0v) is 16.7. The Hall–Kier alpha value is -3.16. The molecule has 1 aromatic heterocycles. The fraction of sp³-hybridized carbons (Fsp3) is 0.381. The predicted octanol–water partition coefficient (Wildman–Crippen LogP) is 3.83. The Bertz CT molecular complexity index is 880. The van der Waals surface area contributed by atoms with E-state index < -0.39 is 11.7 Å². The van der Waals surface area contributed by atoms with Gasteiger partial charge in [0.1, 0.15) is 24.6 Å². The summed E-state index contributed by atoms with van der Waals surface area (Å²) in [4.78, 5) is 30.3. The van der Waals surface area contributed by atoms with Gasteiger partial charge in [0.2, 0.25) is 5.91 Å². The molecular weight excluding hydrogens is 375 g/mol. The summed E-state index contributed by atoms with van der Waals surface area (Å²) in [5.41, 5.74) is -0.0245. The lowest BCUT2D eigenvalue weighted by molar-refractivity contribution is -0.115. The standard InChI is InChI=1S/C21H25FN4O3/c1-4-16(14-7-9-15(10-8-14)29-13-21(2,3)22)25-20(28)26-12-18(27)24-17-6-5-11-23-19(17)26/h5-11,16H,4,12-13H2,1-3H3,(H,24,27)(H,25,28). The molecule has 2 N–H and O–H groups in total. The van der Waals surface area contributed by atoms with Gasteiger partial charge in [0.05, 0.1) is 11.7 Å². The molecule has 1 aromatic carbocycles. The maximum Gasteiger partial charge on any atom is 0.324 e. The zero-order valence-electron chi connectivity index (χ0n) is 16.7. The number of amides is 3. The van der Waals surface area contributed by atoms with Crippen molar-refractivity contribution in [2.45, 2.75) is 38.9 Å². The van der Waals surface area contributed by atoms with E-state index in [9.17, 15) is 14.0 Å². The molecule has 0 bridgehead atoms. The van der Waals surface area contributed by atoms with Crippen molar-refractivity contribution in [1.29, 1.82) is 0 Å². The summed E-state index contributed by atoms with van der Waals surface area (Å²) in [5.74, 6) is 0.703. The number of nitrogens with zero attached hydrogens (tertiary/aromatic N) is 2. The molecule has 8 heteroatoms. The first-order chi connectivity index (χ1) is 13.8. The molecule has 7 nitrogen and oxygen atoms in total. The SMILES string of the molecule is CCC(NC(=O)N1CC(=O)Nc2cccnc21)c1ccc(OCC(C)(C)F)cc1. The molecule has 0 aliphatic carbocycles. The molecular formula is C21H25FN4O3. The second kappa shape index (κ2) is 8.46. The second-order valence-electron chi connectivity index (χ2n) is 7.50. The van der Waals surface area contributed by atoms with Crippen molar-refractivity contribution in [2.75, 3.05) is 23.4 Å². The fourth-order valence-electron chi connectivity index (χ4n) is 2.99. The van der Waals surface area contributed by atoms with Crippen molar-refractivity contribution in [2.24, 2.45) is 0 Å². The van der Waals surface area contributed by atoms with Crippen LogP contribution >= 0.6 is 0 Å². The topological polar surface area (TPSA) is 83.6 Å². The maximum atomic E-state index is 13.6. The van der Waals surface area contributed by atoms with Gasteiger partial charge in [-0.3, -0.25) is 9.69 Å². The molecule has 1 aliphatic heterocycles. The van der Waals surface area contributed by atoms with E-state index in [-0.39, 0.29) is 25.1 Å². The van der Waals surface area contributed by atoms with Gasteiger partial charge < -0.3 is 15.4 Å². The molecule has 1 unspecified atom stereocenters. The minimum atomic E-state index is -1.41. The van der Waals surface area contributed by atoms with Crippen LogP contribution in [0.2, 0.25) is 0 Å². The highest BCUT2D eigenvalue weighted by Crippen LogP contribution is 2.27. The minimum Gasteiger partial charge on any atom is -0.490 e. The third-order valence-electron chi connectivity index (χ3n) is 4.43. The molecule has 29 heavy (non-hydrogen) atoms. The molecule has 0 fully saturated rings. The smallest absolute Gasteiger partial charge is 0.324 e. The van der Waals surface area contributed by atoms with Crippen molar-refractivity contribution >= 4 is 23.4 Å². The van der Waals surface area contributed by atoms with Crippen LogP contribution in [-0.2, 0) is 4.79 Å². The van der Waals surface area contributed by atoms with Gasteiger partial charge in [-0.15, -0.1) is 0 Å². The fourth-order valence-corrected chi connectivity index (χ4v) is 2.99. The number of aromatic nitrogens is 1. The summed E-state index contributed by atoms with van der Waals surface area (Å²) in [6.45, 7) is 4.73. The highest BCUT2D eigenvalue weighted by Gasteiger charge is 2.29. The van der Waals surface area contributed by atoms with Crippen LogP contribution < -0.4 is 20.3 Å². The largest absolute Gasteiger partial charge is 0.490 e. The van der Waals surface area contributed by atoms with Crippen molar-refractivity contribution in [3.63, 3.8) is 0 Å². The molecule has 154 valence electrons. The summed E-state index contributed by atoms with van der Waals surface area (Å²) in [5, 5.41) is 5.66. The number of anilines is 2. The van der Waals surface area contributed by atoms with Crippen LogP contribution in [0.3, 0.4) is 0 Å². The number of urea groups is 1. The average molecular weight is 400 g/mol.